The van der Waals surface area contributed by atoms with Crippen LogP contribution in [0.3, 0.4) is 0 Å². The minimum absolute atomic E-state index is 0.0560. The number of carbonyl (C=O) groups excluding carboxylic acids is 2. The van der Waals surface area contributed by atoms with Crippen molar-refractivity contribution in [1.82, 2.24) is 10.0 Å². The van der Waals surface area contributed by atoms with Crippen molar-refractivity contribution < 1.29 is 27.5 Å². The van der Waals surface area contributed by atoms with Gasteiger partial charge in [-0.1, -0.05) is 6.92 Å². The van der Waals surface area contributed by atoms with Gasteiger partial charge < -0.3 is 14.8 Å². The molecule has 2 unspecified atom stereocenters. The molecule has 9 heteroatoms. The number of carbonyl (C=O) groups is 2. The second-order valence-corrected chi connectivity index (χ2v) is 7.67. The van der Waals surface area contributed by atoms with E-state index in [9.17, 15) is 18.0 Å². The molecule has 0 saturated carbocycles. The topological polar surface area (TPSA) is 111 Å². The predicted octanol–water partition coefficient (Wildman–Crippen LogP) is 1.07. The summed E-state index contributed by atoms with van der Waals surface area (Å²) in [6, 6.07) is 4.94. The summed E-state index contributed by atoms with van der Waals surface area (Å²) in [5, 5.41) is 2.61. The van der Waals surface area contributed by atoms with Crippen molar-refractivity contribution in [3.63, 3.8) is 0 Å². The van der Waals surface area contributed by atoms with Crippen LogP contribution in [0.5, 0.6) is 0 Å². The van der Waals surface area contributed by atoms with E-state index in [1.807, 2.05) is 6.92 Å². The number of rotatable bonds is 10. The number of amides is 1. The van der Waals surface area contributed by atoms with Crippen LogP contribution >= 0.6 is 0 Å². The molecule has 1 amide bonds. The van der Waals surface area contributed by atoms with E-state index in [0.717, 1.165) is 0 Å². The van der Waals surface area contributed by atoms with Gasteiger partial charge in [-0.3, -0.25) is 4.79 Å². The lowest BCUT2D eigenvalue weighted by molar-refractivity contribution is -0.125. The van der Waals surface area contributed by atoms with E-state index in [-0.39, 0.29) is 22.5 Å². The van der Waals surface area contributed by atoms with E-state index < -0.39 is 28.5 Å². The number of nitrogens with one attached hydrogen (secondary N) is 2. The fourth-order valence-corrected chi connectivity index (χ4v) is 3.34. The summed E-state index contributed by atoms with van der Waals surface area (Å²) in [5.41, 5.74) is 0.158. The van der Waals surface area contributed by atoms with Gasteiger partial charge in [0, 0.05) is 19.2 Å². The Balaban J connectivity index is 2.63. The summed E-state index contributed by atoms with van der Waals surface area (Å²) < 4.78 is 36.7. The van der Waals surface area contributed by atoms with Crippen molar-refractivity contribution in [2.24, 2.45) is 0 Å². The zero-order valence-electron chi connectivity index (χ0n) is 15.4. The molecule has 26 heavy (non-hydrogen) atoms. The van der Waals surface area contributed by atoms with Crippen LogP contribution in [0.4, 0.5) is 0 Å². The largest absolute Gasteiger partial charge is 0.452 e. The molecule has 2 N–H and O–H groups in total. The Morgan fingerprint density at radius 3 is 2.27 bits per heavy atom. The molecular formula is C17H26N2O6S. The van der Waals surface area contributed by atoms with Gasteiger partial charge in [0.05, 0.1) is 17.1 Å². The molecule has 0 radical (unpaired) electrons. The van der Waals surface area contributed by atoms with Crippen LogP contribution in [-0.4, -0.2) is 52.7 Å². The van der Waals surface area contributed by atoms with Gasteiger partial charge in [0.25, 0.3) is 5.91 Å². The minimum atomic E-state index is -3.64. The molecule has 2 atom stereocenters. The van der Waals surface area contributed by atoms with E-state index in [1.54, 1.807) is 13.8 Å². The Bertz CT molecular complexity index is 702. The zero-order chi connectivity index (χ0) is 19.7. The van der Waals surface area contributed by atoms with Gasteiger partial charge in [-0.15, -0.1) is 0 Å². The van der Waals surface area contributed by atoms with E-state index in [1.165, 1.54) is 31.4 Å². The molecule has 0 aliphatic carbocycles. The highest BCUT2D eigenvalue weighted by Crippen LogP contribution is 2.12. The normalized spacial score (nSPS) is 13.7. The molecule has 0 heterocycles. The Hall–Kier alpha value is -1.97. The maximum absolute atomic E-state index is 12.2. The third-order valence-electron chi connectivity index (χ3n) is 3.53. The second-order valence-electron chi connectivity index (χ2n) is 5.95. The second kappa shape index (κ2) is 10.2. The summed E-state index contributed by atoms with van der Waals surface area (Å²) in [6.07, 6.45) is 0.661. The van der Waals surface area contributed by atoms with Crippen LogP contribution in [0, 0.1) is 0 Å². The van der Waals surface area contributed by atoms with E-state index in [4.69, 9.17) is 9.47 Å². The van der Waals surface area contributed by atoms with Crippen LogP contribution in [0.2, 0.25) is 0 Å². The quantitative estimate of drug-likeness (QED) is 0.582. The Morgan fingerprint density at radius 1 is 1.12 bits per heavy atom. The fraction of sp³-hybridized carbons (Fsp3) is 0.529. The van der Waals surface area contributed by atoms with Gasteiger partial charge in [-0.05, 0) is 44.5 Å². The molecule has 0 saturated heterocycles. The highest BCUT2D eigenvalue weighted by molar-refractivity contribution is 7.89. The highest BCUT2D eigenvalue weighted by Gasteiger charge is 2.18. The number of hydrogen-bond donors (Lipinski definition) is 2. The molecule has 1 aromatic carbocycles. The molecule has 146 valence electrons. The van der Waals surface area contributed by atoms with Gasteiger partial charge in [-0.25, -0.2) is 17.9 Å². The number of hydrogen-bond acceptors (Lipinski definition) is 6. The first-order valence-electron chi connectivity index (χ1n) is 8.27. The minimum Gasteiger partial charge on any atom is -0.452 e. The van der Waals surface area contributed by atoms with Gasteiger partial charge >= 0.3 is 5.97 Å². The van der Waals surface area contributed by atoms with Crippen molar-refractivity contribution >= 4 is 21.9 Å². The van der Waals surface area contributed by atoms with Crippen LogP contribution in [0.1, 0.15) is 37.6 Å². The van der Waals surface area contributed by atoms with Crippen LogP contribution in [0.15, 0.2) is 29.2 Å². The lowest BCUT2D eigenvalue weighted by atomic mass is 10.2. The van der Waals surface area contributed by atoms with Crippen LogP contribution < -0.4 is 10.0 Å². The summed E-state index contributed by atoms with van der Waals surface area (Å²) >= 11 is 0. The number of ether oxygens (including phenoxy) is 2. The number of esters is 1. The third kappa shape index (κ3) is 7.11. The molecule has 0 aliphatic heterocycles. The number of benzene rings is 1. The van der Waals surface area contributed by atoms with Gasteiger partial charge in [0.15, 0.2) is 6.61 Å². The summed E-state index contributed by atoms with van der Waals surface area (Å²) in [4.78, 5) is 23.7. The Kier molecular flexibility index (Phi) is 8.70. The first-order valence-corrected chi connectivity index (χ1v) is 9.75. The van der Waals surface area contributed by atoms with Gasteiger partial charge in [0.2, 0.25) is 10.0 Å². The van der Waals surface area contributed by atoms with E-state index >= 15 is 0 Å². The lowest BCUT2D eigenvalue weighted by Gasteiger charge is -2.13. The predicted molar refractivity (Wildman–Crippen MR) is 96.3 cm³/mol. The molecule has 0 aromatic heterocycles. The molecule has 0 spiro atoms. The maximum Gasteiger partial charge on any atom is 0.338 e. The molecule has 0 aliphatic rings. The SMILES string of the molecule is CCC(C)NS(=O)(=O)c1ccc(C(=O)OCC(=O)NC(C)COC)cc1. The van der Waals surface area contributed by atoms with Gasteiger partial charge in [0.1, 0.15) is 0 Å². The van der Waals surface area contributed by atoms with Crippen molar-refractivity contribution in [1.29, 1.82) is 0 Å². The van der Waals surface area contributed by atoms with Crippen molar-refractivity contribution in [3.8, 4) is 0 Å². The van der Waals surface area contributed by atoms with Crippen LogP contribution in [-0.2, 0) is 24.3 Å². The Labute approximate surface area is 154 Å². The van der Waals surface area contributed by atoms with Crippen LogP contribution in [0.25, 0.3) is 0 Å². The first-order chi connectivity index (χ1) is 12.2. The van der Waals surface area contributed by atoms with Crippen molar-refractivity contribution in [2.45, 2.75) is 44.2 Å². The molecule has 8 nitrogen and oxygen atoms in total. The molecule has 0 bridgehead atoms. The van der Waals surface area contributed by atoms with E-state index in [2.05, 4.69) is 10.0 Å². The maximum atomic E-state index is 12.2. The summed E-state index contributed by atoms with van der Waals surface area (Å²) in [5.74, 6) is -1.15. The highest BCUT2D eigenvalue weighted by atomic mass is 32.2. The molecular weight excluding hydrogens is 360 g/mol. The number of methoxy groups -OCH3 is 1. The summed E-state index contributed by atoms with van der Waals surface area (Å²) in [6.45, 7) is 5.32. The average Bonchev–Trinajstić information content (AvgIpc) is 2.59. The fourth-order valence-electron chi connectivity index (χ4n) is 2.01. The van der Waals surface area contributed by atoms with Crippen molar-refractivity contribution in [2.75, 3.05) is 20.3 Å². The lowest BCUT2D eigenvalue weighted by Crippen LogP contribution is -2.38. The molecule has 0 fully saturated rings. The third-order valence-corrected chi connectivity index (χ3v) is 5.13. The number of sulfonamides is 1. The summed E-state index contributed by atoms with van der Waals surface area (Å²) in [7, 11) is -2.12. The average molecular weight is 386 g/mol. The van der Waals surface area contributed by atoms with Crippen molar-refractivity contribution in [3.05, 3.63) is 29.8 Å². The first kappa shape index (κ1) is 22.1. The van der Waals surface area contributed by atoms with Gasteiger partial charge in [-0.2, -0.15) is 0 Å². The molecule has 1 rings (SSSR count). The standard InChI is InChI=1S/C17H26N2O6S/c1-5-12(2)19-26(22,23)15-8-6-14(7-9-15)17(21)25-11-16(20)18-13(3)10-24-4/h6-9,12-13,19H,5,10-11H2,1-4H3,(H,18,20). The van der Waals surface area contributed by atoms with E-state index in [0.29, 0.717) is 13.0 Å². The Morgan fingerprint density at radius 2 is 1.73 bits per heavy atom. The smallest absolute Gasteiger partial charge is 0.338 e. The monoisotopic (exact) mass is 386 g/mol. The zero-order valence-corrected chi connectivity index (χ0v) is 16.3. The molecule has 1 aromatic rings.